The fraction of sp³-hybridized carbons (Fsp3) is 0.467. The first-order chi connectivity index (χ1) is 10.5. The summed E-state index contributed by atoms with van der Waals surface area (Å²) in [6.45, 7) is 1.87. The standard InChI is InChI=1S/C11H15NOS.C4H4O4/c1-12-6-9-8-2-5-14-10(8)11(3-4-11)7-13-9;5-3(6)1-2-4(7)8/h2,5,9,12H,3-4,6-7H2,1H3;1-2H,(H,5,6)(H,7,8)/b;2-1-/t9-;/m0./s1. The number of hydrogen-bond donors (Lipinski definition) is 3. The highest BCUT2D eigenvalue weighted by Gasteiger charge is 2.50. The summed E-state index contributed by atoms with van der Waals surface area (Å²) in [6.07, 6.45) is 4.05. The lowest BCUT2D eigenvalue weighted by Gasteiger charge is -2.29. The molecule has 1 aliphatic carbocycles. The van der Waals surface area contributed by atoms with E-state index in [1.807, 2.05) is 18.4 Å². The van der Waals surface area contributed by atoms with Gasteiger partial charge in [-0.05, 0) is 36.9 Å². The van der Waals surface area contributed by atoms with Crippen LogP contribution < -0.4 is 5.32 Å². The molecule has 0 amide bonds. The van der Waals surface area contributed by atoms with Gasteiger partial charge in [0.25, 0.3) is 0 Å². The molecule has 1 aliphatic heterocycles. The second-order valence-electron chi connectivity index (χ2n) is 5.35. The SMILES string of the molecule is CNC[C@@H]1OCC2(CC2)c2sccc21.O=C(O)/C=C\C(=O)O. The summed E-state index contributed by atoms with van der Waals surface area (Å²) in [5.41, 5.74) is 1.88. The Kier molecular flexibility index (Phi) is 5.33. The molecule has 0 radical (unpaired) electrons. The van der Waals surface area contributed by atoms with E-state index in [4.69, 9.17) is 14.9 Å². The second kappa shape index (κ2) is 7.04. The van der Waals surface area contributed by atoms with Crippen LogP contribution >= 0.6 is 11.3 Å². The van der Waals surface area contributed by atoms with E-state index in [1.54, 1.807) is 4.88 Å². The van der Waals surface area contributed by atoms with Gasteiger partial charge in [-0.25, -0.2) is 9.59 Å². The number of fused-ring (bicyclic) bond motifs is 2. The molecule has 2 aliphatic rings. The molecule has 3 rings (SSSR count). The molecule has 1 atom stereocenters. The first-order valence-corrected chi connectivity index (χ1v) is 7.84. The van der Waals surface area contributed by atoms with Crippen LogP contribution in [0.25, 0.3) is 0 Å². The molecule has 0 bridgehead atoms. The van der Waals surface area contributed by atoms with E-state index < -0.39 is 11.9 Å². The molecule has 2 heterocycles. The van der Waals surface area contributed by atoms with Crippen molar-refractivity contribution in [3.8, 4) is 0 Å². The zero-order chi connectivity index (χ0) is 16.2. The molecule has 1 aromatic heterocycles. The third kappa shape index (κ3) is 3.94. The van der Waals surface area contributed by atoms with Gasteiger partial charge >= 0.3 is 11.9 Å². The van der Waals surface area contributed by atoms with Crippen LogP contribution in [0.5, 0.6) is 0 Å². The number of likely N-dealkylation sites (N-methyl/N-ethyl adjacent to an activating group) is 1. The first-order valence-electron chi connectivity index (χ1n) is 6.96. The smallest absolute Gasteiger partial charge is 0.328 e. The van der Waals surface area contributed by atoms with Crippen LogP contribution in [0.3, 0.4) is 0 Å². The molecule has 1 aromatic rings. The van der Waals surface area contributed by atoms with Gasteiger partial charge in [0.15, 0.2) is 0 Å². The average Bonchev–Trinajstić information content (AvgIpc) is 3.05. The Hall–Kier alpha value is -1.70. The molecule has 1 spiro atoms. The normalized spacial score (nSPS) is 21.0. The zero-order valence-electron chi connectivity index (χ0n) is 12.2. The number of carbonyl (C=O) groups is 2. The summed E-state index contributed by atoms with van der Waals surface area (Å²) in [7, 11) is 1.98. The minimum absolute atomic E-state index is 0.285. The van der Waals surface area contributed by atoms with E-state index in [-0.39, 0.29) is 6.10 Å². The molecular formula is C15H19NO5S. The molecule has 1 saturated carbocycles. The molecule has 0 aromatic carbocycles. The molecule has 3 N–H and O–H groups in total. The topological polar surface area (TPSA) is 95.9 Å². The maximum absolute atomic E-state index is 9.55. The van der Waals surface area contributed by atoms with Gasteiger partial charge in [-0.3, -0.25) is 0 Å². The van der Waals surface area contributed by atoms with E-state index in [0.717, 1.165) is 13.2 Å². The van der Waals surface area contributed by atoms with Crippen molar-refractivity contribution in [2.24, 2.45) is 0 Å². The van der Waals surface area contributed by atoms with Gasteiger partial charge in [0.2, 0.25) is 0 Å². The van der Waals surface area contributed by atoms with Crippen LogP contribution in [-0.4, -0.2) is 42.4 Å². The third-order valence-corrected chi connectivity index (χ3v) is 4.87. The van der Waals surface area contributed by atoms with Gasteiger partial charge in [-0.2, -0.15) is 0 Å². The Morgan fingerprint density at radius 2 is 2.05 bits per heavy atom. The highest BCUT2D eigenvalue weighted by Crippen LogP contribution is 2.55. The largest absolute Gasteiger partial charge is 0.478 e. The minimum Gasteiger partial charge on any atom is -0.478 e. The van der Waals surface area contributed by atoms with Gasteiger partial charge in [0.1, 0.15) is 0 Å². The van der Waals surface area contributed by atoms with E-state index in [2.05, 4.69) is 16.8 Å². The molecular weight excluding hydrogens is 306 g/mol. The number of ether oxygens (including phenoxy) is 1. The molecule has 0 unspecified atom stereocenters. The molecule has 0 saturated heterocycles. The molecule has 6 nitrogen and oxygen atoms in total. The lowest BCUT2D eigenvalue weighted by molar-refractivity contribution is -0.134. The van der Waals surface area contributed by atoms with Crippen molar-refractivity contribution in [1.82, 2.24) is 5.32 Å². The summed E-state index contributed by atoms with van der Waals surface area (Å²) in [6, 6.07) is 2.24. The Labute approximate surface area is 132 Å². The van der Waals surface area contributed by atoms with E-state index in [0.29, 0.717) is 17.6 Å². The Balaban J connectivity index is 0.000000192. The Morgan fingerprint density at radius 3 is 2.55 bits per heavy atom. The summed E-state index contributed by atoms with van der Waals surface area (Å²) in [5, 5.41) is 21.0. The summed E-state index contributed by atoms with van der Waals surface area (Å²) in [4.78, 5) is 20.7. The van der Waals surface area contributed by atoms with Crippen LogP contribution in [0.1, 0.15) is 29.4 Å². The maximum Gasteiger partial charge on any atom is 0.328 e. The van der Waals surface area contributed by atoms with Crippen molar-refractivity contribution in [1.29, 1.82) is 0 Å². The first kappa shape index (κ1) is 16.7. The maximum atomic E-state index is 9.55. The number of carboxylic acids is 2. The Morgan fingerprint density at radius 1 is 1.41 bits per heavy atom. The number of nitrogens with one attached hydrogen (secondary N) is 1. The van der Waals surface area contributed by atoms with Gasteiger partial charge in [-0.1, -0.05) is 0 Å². The molecule has 7 heteroatoms. The van der Waals surface area contributed by atoms with Crippen molar-refractivity contribution in [2.45, 2.75) is 24.4 Å². The van der Waals surface area contributed by atoms with Gasteiger partial charge in [-0.15, -0.1) is 11.3 Å². The number of carboxylic acid groups (broad SMARTS) is 2. The predicted molar refractivity (Wildman–Crippen MR) is 82.3 cm³/mol. The molecule has 22 heavy (non-hydrogen) atoms. The summed E-state index contributed by atoms with van der Waals surface area (Å²) < 4.78 is 5.93. The fourth-order valence-electron chi connectivity index (χ4n) is 2.44. The lowest BCUT2D eigenvalue weighted by atomic mass is 9.96. The van der Waals surface area contributed by atoms with Crippen molar-refractivity contribution >= 4 is 23.3 Å². The van der Waals surface area contributed by atoms with E-state index >= 15 is 0 Å². The molecule has 1 fully saturated rings. The summed E-state index contributed by atoms with van der Waals surface area (Å²) >= 11 is 1.92. The monoisotopic (exact) mass is 325 g/mol. The average molecular weight is 325 g/mol. The van der Waals surface area contributed by atoms with Crippen molar-refractivity contribution in [2.75, 3.05) is 20.2 Å². The van der Waals surface area contributed by atoms with Crippen LogP contribution in [0, 0.1) is 0 Å². The quantitative estimate of drug-likeness (QED) is 0.730. The predicted octanol–water partition coefficient (Wildman–Crippen LogP) is 1.78. The van der Waals surface area contributed by atoms with Crippen LogP contribution in [0.4, 0.5) is 0 Å². The molecule has 120 valence electrons. The number of aliphatic carboxylic acids is 2. The zero-order valence-corrected chi connectivity index (χ0v) is 13.1. The van der Waals surface area contributed by atoms with Crippen LogP contribution in [0.15, 0.2) is 23.6 Å². The van der Waals surface area contributed by atoms with E-state index in [1.165, 1.54) is 18.4 Å². The highest BCUT2D eigenvalue weighted by molar-refractivity contribution is 7.10. The fourth-order valence-corrected chi connectivity index (χ4v) is 3.64. The van der Waals surface area contributed by atoms with Crippen molar-refractivity contribution in [3.63, 3.8) is 0 Å². The third-order valence-electron chi connectivity index (χ3n) is 3.70. The van der Waals surface area contributed by atoms with Crippen molar-refractivity contribution < 1.29 is 24.5 Å². The minimum atomic E-state index is -1.26. The van der Waals surface area contributed by atoms with E-state index in [9.17, 15) is 9.59 Å². The van der Waals surface area contributed by atoms with Crippen LogP contribution in [-0.2, 0) is 19.7 Å². The van der Waals surface area contributed by atoms with Crippen LogP contribution in [0.2, 0.25) is 0 Å². The number of rotatable bonds is 4. The van der Waals surface area contributed by atoms with Gasteiger partial charge in [0.05, 0.1) is 12.7 Å². The summed E-state index contributed by atoms with van der Waals surface area (Å²) in [5.74, 6) is -2.51. The number of hydrogen-bond acceptors (Lipinski definition) is 5. The number of thiophene rings is 1. The Bertz CT molecular complexity index is 560. The highest BCUT2D eigenvalue weighted by atomic mass is 32.1. The lowest BCUT2D eigenvalue weighted by Crippen LogP contribution is -2.29. The van der Waals surface area contributed by atoms with Gasteiger partial charge < -0.3 is 20.3 Å². The second-order valence-corrected chi connectivity index (χ2v) is 6.27. The van der Waals surface area contributed by atoms with Crippen molar-refractivity contribution in [3.05, 3.63) is 34.0 Å². The van der Waals surface area contributed by atoms with Gasteiger partial charge in [0, 0.05) is 29.0 Å².